The topological polar surface area (TPSA) is 79.7 Å². The van der Waals surface area contributed by atoms with E-state index in [1.165, 1.54) is 6.07 Å². The molecule has 1 aliphatic heterocycles. The van der Waals surface area contributed by atoms with Gasteiger partial charge in [-0.25, -0.2) is 9.78 Å². The Kier molecular flexibility index (Phi) is 3.40. The van der Waals surface area contributed by atoms with Crippen molar-refractivity contribution in [2.75, 3.05) is 13.2 Å². The third kappa shape index (κ3) is 2.27. The van der Waals surface area contributed by atoms with Crippen molar-refractivity contribution in [2.24, 2.45) is 0 Å². The maximum absolute atomic E-state index is 12.5. The van der Waals surface area contributed by atoms with Crippen molar-refractivity contribution >= 4 is 11.9 Å². The summed E-state index contributed by atoms with van der Waals surface area (Å²) in [5, 5.41) is 8.94. The maximum Gasteiger partial charge on any atom is 0.354 e. The van der Waals surface area contributed by atoms with E-state index >= 15 is 0 Å². The number of aromatic carboxylic acids is 1. The minimum Gasteiger partial charge on any atom is -0.477 e. The van der Waals surface area contributed by atoms with E-state index in [0.717, 1.165) is 19.3 Å². The minimum atomic E-state index is -1.12. The molecule has 0 radical (unpaired) electrons. The number of carbonyl (C=O) groups is 2. The van der Waals surface area contributed by atoms with Gasteiger partial charge < -0.3 is 14.7 Å². The van der Waals surface area contributed by atoms with E-state index in [-0.39, 0.29) is 29.4 Å². The number of ether oxygens (including phenoxy) is 1. The predicted octanol–water partition coefficient (Wildman–Crippen LogP) is 1.17. The van der Waals surface area contributed by atoms with Gasteiger partial charge in [0.1, 0.15) is 11.4 Å². The Balaban J connectivity index is 1.84. The standard InChI is InChI=1S/C14H16N2O4/c17-13(9-3-1-4-10(15-9)14(18)19)16-7-8-20-12-6-2-5-11(12)16/h1,3-4,11-12H,2,5-8H2,(H,18,19). The summed E-state index contributed by atoms with van der Waals surface area (Å²) in [7, 11) is 0. The molecule has 1 amide bonds. The zero-order valence-electron chi connectivity index (χ0n) is 11.0. The molecule has 2 heterocycles. The van der Waals surface area contributed by atoms with Gasteiger partial charge in [-0.1, -0.05) is 6.07 Å². The molecule has 0 spiro atoms. The highest BCUT2D eigenvalue weighted by Crippen LogP contribution is 2.30. The third-order valence-corrected chi connectivity index (χ3v) is 3.93. The lowest BCUT2D eigenvalue weighted by Gasteiger charge is -2.37. The van der Waals surface area contributed by atoms with E-state index in [1.807, 2.05) is 0 Å². The minimum absolute atomic E-state index is 0.103. The molecular weight excluding hydrogens is 260 g/mol. The molecule has 106 valence electrons. The molecule has 1 saturated carbocycles. The van der Waals surface area contributed by atoms with Crippen LogP contribution in [0.3, 0.4) is 0 Å². The molecule has 1 aliphatic carbocycles. The number of rotatable bonds is 2. The number of pyridine rings is 1. The summed E-state index contributed by atoms with van der Waals surface area (Å²) in [5.41, 5.74) is 0.0875. The van der Waals surface area contributed by atoms with Gasteiger partial charge >= 0.3 is 5.97 Å². The molecule has 2 atom stereocenters. The first-order chi connectivity index (χ1) is 9.66. The monoisotopic (exact) mass is 276 g/mol. The fourth-order valence-electron chi connectivity index (χ4n) is 3.00. The first-order valence-corrected chi connectivity index (χ1v) is 6.80. The number of hydrogen-bond donors (Lipinski definition) is 1. The molecule has 1 aromatic heterocycles. The van der Waals surface area contributed by atoms with Gasteiger partial charge in [0.2, 0.25) is 0 Å². The Hall–Kier alpha value is -1.95. The molecule has 1 aromatic rings. The van der Waals surface area contributed by atoms with E-state index < -0.39 is 5.97 Å². The van der Waals surface area contributed by atoms with Crippen LogP contribution < -0.4 is 0 Å². The number of amides is 1. The van der Waals surface area contributed by atoms with Crippen molar-refractivity contribution in [1.82, 2.24) is 9.88 Å². The summed E-state index contributed by atoms with van der Waals surface area (Å²) in [6, 6.07) is 4.60. The smallest absolute Gasteiger partial charge is 0.354 e. The molecule has 6 nitrogen and oxygen atoms in total. The number of fused-ring (bicyclic) bond motifs is 1. The van der Waals surface area contributed by atoms with Crippen molar-refractivity contribution in [2.45, 2.75) is 31.4 Å². The van der Waals surface area contributed by atoms with Gasteiger partial charge in [-0.2, -0.15) is 0 Å². The molecule has 6 heteroatoms. The van der Waals surface area contributed by atoms with Crippen LogP contribution in [0.4, 0.5) is 0 Å². The molecule has 2 unspecified atom stereocenters. The van der Waals surface area contributed by atoms with E-state index in [2.05, 4.69) is 4.98 Å². The van der Waals surface area contributed by atoms with Crippen molar-refractivity contribution in [3.63, 3.8) is 0 Å². The maximum atomic E-state index is 12.5. The Bertz CT molecular complexity index is 546. The lowest BCUT2D eigenvalue weighted by atomic mass is 10.1. The highest BCUT2D eigenvalue weighted by molar-refractivity contribution is 5.94. The van der Waals surface area contributed by atoms with Gasteiger partial charge in [-0.05, 0) is 31.4 Å². The molecule has 2 aliphatic rings. The zero-order valence-corrected chi connectivity index (χ0v) is 11.0. The van der Waals surface area contributed by atoms with Gasteiger partial charge in [-0.3, -0.25) is 4.79 Å². The molecule has 2 fully saturated rings. The molecule has 20 heavy (non-hydrogen) atoms. The number of aromatic nitrogens is 1. The van der Waals surface area contributed by atoms with E-state index in [9.17, 15) is 9.59 Å². The summed E-state index contributed by atoms with van der Waals surface area (Å²) in [4.78, 5) is 29.2. The lowest BCUT2D eigenvalue weighted by molar-refractivity contribution is -0.0447. The van der Waals surface area contributed by atoms with Crippen LogP contribution in [0.15, 0.2) is 18.2 Å². The van der Waals surface area contributed by atoms with Crippen molar-refractivity contribution in [3.05, 3.63) is 29.6 Å². The van der Waals surface area contributed by atoms with Gasteiger partial charge in [0, 0.05) is 6.54 Å². The normalized spacial score (nSPS) is 25.3. The van der Waals surface area contributed by atoms with E-state index in [0.29, 0.717) is 13.2 Å². The molecule has 0 bridgehead atoms. The van der Waals surface area contributed by atoms with Crippen LogP contribution in [0.25, 0.3) is 0 Å². The van der Waals surface area contributed by atoms with Crippen molar-refractivity contribution in [1.29, 1.82) is 0 Å². The number of carbonyl (C=O) groups excluding carboxylic acids is 1. The lowest BCUT2D eigenvalue weighted by Crippen LogP contribution is -2.51. The number of hydrogen-bond acceptors (Lipinski definition) is 4. The Labute approximate surface area is 116 Å². The summed E-state index contributed by atoms with van der Waals surface area (Å²) in [6.45, 7) is 1.07. The third-order valence-electron chi connectivity index (χ3n) is 3.93. The number of morpholine rings is 1. The second-order valence-electron chi connectivity index (χ2n) is 5.12. The van der Waals surface area contributed by atoms with Crippen LogP contribution in [0, 0.1) is 0 Å². The van der Waals surface area contributed by atoms with Crippen molar-refractivity contribution in [3.8, 4) is 0 Å². The summed E-state index contributed by atoms with van der Waals surface area (Å²) in [6.07, 6.45) is 3.10. The van der Waals surface area contributed by atoms with Crippen molar-refractivity contribution < 1.29 is 19.4 Å². The van der Waals surface area contributed by atoms with Gasteiger partial charge in [0.15, 0.2) is 0 Å². The van der Waals surface area contributed by atoms with Gasteiger partial charge in [-0.15, -0.1) is 0 Å². The molecular formula is C14H16N2O4. The van der Waals surface area contributed by atoms with Gasteiger partial charge in [0.05, 0.1) is 18.8 Å². The first-order valence-electron chi connectivity index (χ1n) is 6.80. The van der Waals surface area contributed by atoms with Crippen LogP contribution in [-0.2, 0) is 4.74 Å². The van der Waals surface area contributed by atoms with Crippen LogP contribution in [0.2, 0.25) is 0 Å². The predicted molar refractivity (Wildman–Crippen MR) is 69.6 cm³/mol. The second kappa shape index (κ2) is 5.20. The first kappa shape index (κ1) is 13.1. The SMILES string of the molecule is O=C(O)c1cccc(C(=O)N2CCOC3CCCC32)n1. The quantitative estimate of drug-likeness (QED) is 0.877. The largest absolute Gasteiger partial charge is 0.477 e. The molecule has 1 saturated heterocycles. The fourth-order valence-corrected chi connectivity index (χ4v) is 3.00. The second-order valence-corrected chi connectivity index (χ2v) is 5.12. The highest BCUT2D eigenvalue weighted by Gasteiger charge is 2.39. The molecule has 3 rings (SSSR count). The van der Waals surface area contributed by atoms with Gasteiger partial charge in [0.25, 0.3) is 5.91 Å². The Morgan fingerprint density at radius 2 is 2.10 bits per heavy atom. The number of carboxylic acid groups (broad SMARTS) is 1. The summed E-state index contributed by atoms with van der Waals surface area (Å²) in [5.74, 6) is -1.33. The Morgan fingerprint density at radius 1 is 1.30 bits per heavy atom. The molecule has 0 aromatic carbocycles. The average molecular weight is 276 g/mol. The highest BCUT2D eigenvalue weighted by atomic mass is 16.5. The van der Waals surface area contributed by atoms with E-state index in [1.54, 1.807) is 17.0 Å². The zero-order chi connectivity index (χ0) is 14.1. The van der Waals surface area contributed by atoms with E-state index in [4.69, 9.17) is 9.84 Å². The number of nitrogens with zero attached hydrogens (tertiary/aromatic N) is 2. The van der Waals surface area contributed by atoms with Crippen LogP contribution in [0.1, 0.15) is 40.2 Å². The summed E-state index contributed by atoms with van der Waals surface area (Å²) < 4.78 is 5.67. The van der Waals surface area contributed by atoms with Crippen LogP contribution in [-0.4, -0.2) is 52.2 Å². The summed E-state index contributed by atoms with van der Waals surface area (Å²) >= 11 is 0. The fraction of sp³-hybridized carbons (Fsp3) is 0.500. The Morgan fingerprint density at radius 3 is 2.90 bits per heavy atom. The number of carboxylic acids is 1. The average Bonchev–Trinajstić information content (AvgIpc) is 2.95. The van der Waals surface area contributed by atoms with Crippen LogP contribution in [0.5, 0.6) is 0 Å². The molecule has 1 N–H and O–H groups in total. The van der Waals surface area contributed by atoms with Crippen LogP contribution >= 0.6 is 0 Å².